The van der Waals surface area contributed by atoms with Crippen molar-refractivity contribution in [3.8, 4) is 0 Å². The second kappa shape index (κ2) is 4.94. The molecule has 1 aromatic carbocycles. The maximum Gasteiger partial charge on any atom is 0.0459 e. The minimum absolute atomic E-state index is 0.588. The van der Waals surface area contributed by atoms with Gasteiger partial charge in [-0.25, -0.2) is 0 Å². The van der Waals surface area contributed by atoms with Gasteiger partial charge < -0.3 is 10.3 Å². The van der Waals surface area contributed by atoms with E-state index in [2.05, 4.69) is 35.4 Å². The van der Waals surface area contributed by atoms with Crippen LogP contribution in [0.4, 0.5) is 0 Å². The van der Waals surface area contributed by atoms with Crippen LogP contribution in [-0.2, 0) is 6.42 Å². The van der Waals surface area contributed by atoms with Crippen LogP contribution < -0.4 is 5.32 Å². The van der Waals surface area contributed by atoms with Gasteiger partial charge in [0.1, 0.15) is 0 Å². The standard InChI is InChI=1S/C15H19ClN2/c1-10-6-12-8-14(16)11(9-15(12)18-10)7-13-4-2-3-5-17-13/h6,8-9,13,17-18H,2-5,7H2,1H3. The molecule has 1 atom stereocenters. The van der Waals surface area contributed by atoms with Crippen LogP contribution in [0, 0.1) is 6.92 Å². The van der Waals surface area contributed by atoms with Crippen molar-refractivity contribution in [1.29, 1.82) is 0 Å². The van der Waals surface area contributed by atoms with Gasteiger partial charge in [0.15, 0.2) is 0 Å². The summed E-state index contributed by atoms with van der Waals surface area (Å²) >= 11 is 6.39. The van der Waals surface area contributed by atoms with E-state index in [1.807, 2.05) is 0 Å². The molecule has 2 nitrogen and oxygen atoms in total. The molecule has 3 rings (SSSR count). The highest BCUT2D eigenvalue weighted by atomic mass is 35.5. The molecule has 18 heavy (non-hydrogen) atoms. The zero-order valence-corrected chi connectivity index (χ0v) is 11.5. The fourth-order valence-electron chi connectivity index (χ4n) is 2.86. The van der Waals surface area contributed by atoms with Crippen molar-refractivity contribution in [2.24, 2.45) is 0 Å². The summed E-state index contributed by atoms with van der Waals surface area (Å²) in [5, 5.41) is 5.68. The van der Waals surface area contributed by atoms with Crippen molar-refractivity contribution in [3.63, 3.8) is 0 Å². The first-order valence-corrected chi connectivity index (χ1v) is 7.11. The van der Waals surface area contributed by atoms with Crippen LogP contribution in [0.25, 0.3) is 10.9 Å². The monoisotopic (exact) mass is 262 g/mol. The molecule has 0 bridgehead atoms. The molecule has 0 amide bonds. The molecular weight excluding hydrogens is 244 g/mol. The molecule has 0 spiro atoms. The third-order valence-electron chi connectivity index (χ3n) is 3.80. The van der Waals surface area contributed by atoms with Gasteiger partial charge in [0.25, 0.3) is 0 Å². The van der Waals surface area contributed by atoms with E-state index in [0.29, 0.717) is 6.04 Å². The van der Waals surface area contributed by atoms with E-state index < -0.39 is 0 Å². The Morgan fingerprint density at radius 3 is 2.94 bits per heavy atom. The predicted octanol–water partition coefficient (Wildman–Crippen LogP) is 3.81. The minimum atomic E-state index is 0.588. The van der Waals surface area contributed by atoms with Gasteiger partial charge in [0.05, 0.1) is 0 Å². The van der Waals surface area contributed by atoms with Crippen LogP contribution in [0.15, 0.2) is 18.2 Å². The zero-order valence-electron chi connectivity index (χ0n) is 10.7. The van der Waals surface area contributed by atoms with E-state index in [4.69, 9.17) is 11.6 Å². The number of halogens is 1. The average Bonchev–Trinajstić information content (AvgIpc) is 2.70. The lowest BCUT2D eigenvalue weighted by atomic mass is 9.97. The van der Waals surface area contributed by atoms with Gasteiger partial charge >= 0.3 is 0 Å². The number of H-pyrrole nitrogens is 1. The Balaban J connectivity index is 1.88. The van der Waals surface area contributed by atoms with Crippen molar-refractivity contribution in [1.82, 2.24) is 10.3 Å². The SMILES string of the molecule is Cc1cc2cc(Cl)c(CC3CCCCN3)cc2[nH]1. The fourth-order valence-corrected chi connectivity index (χ4v) is 3.11. The summed E-state index contributed by atoms with van der Waals surface area (Å²) < 4.78 is 0. The van der Waals surface area contributed by atoms with E-state index in [1.54, 1.807) is 0 Å². The molecular formula is C15H19ClN2. The number of aromatic amines is 1. The maximum atomic E-state index is 6.39. The highest BCUT2D eigenvalue weighted by Gasteiger charge is 2.15. The topological polar surface area (TPSA) is 27.8 Å². The molecule has 0 aliphatic carbocycles. The first-order chi connectivity index (χ1) is 8.72. The molecule has 1 unspecified atom stereocenters. The Kier molecular flexibility index (Phi) is 3.31. The Morgan fingerprint density at radius 1 is 1.28 bits per heavy atom. The fraction of sp³-hybridized carbons (Fsp3) is 0.467. The van der Waals surface area contributed by atoms with E-state index in [1.165, 1.54) is 41.4 Å². The molecule has 1 aliphatic heterocycles. The van der Waals surface area contributed by atoms with Gasteiger partial charge in [-0.15, -0.1) is 0 Å². The third-order valence-corrected chi connectivity index (χ3v) is 4.15. The number of nitrogens with one attached hydrogen (secondary N) is 2. The van der Waals surface area contributed by atoms with Crippen LogP contribution in [0.5, 0.6) is 0 Å². The summed E-state index contributed by atoms with van der Waals surface area (Å²) in [6.45, 7) is 3.22. The molecule has 96 valence electrons. The van der Waals surface area contributed by atoms with Gasteiger partial charge in [0, 0.05) is 27.7 Å². The number of piperidine rings is 1. The van der Waals surface area contributed by atoms with Crippen LogP contribution >= 0.6 is 11.6 Å². The lowest BCUT2D eigenvalue weighted by Gasteiger charge is -2.23. The molecule has 1 aromatic heterocycles. The molecule has 2 aromatic rings. The van der Waals surface area contributed by atoms with E-state index in [9.17, 15) is 0 Å². The summed E-state index contributed by atoms with van der Waals surface area (Å²) in [6.07, 6.45) is 4.93. The minimum Gasteiger partial charge on any atom is -0.359 e. The van der Waals surface area contributed by atoms with E-state index >= 15 is 0 Å². The van der Waals surface area contributed by atoms with Crippen molar-refractivity contribution >= 4 is 22.5 Å². The normalized spacial score (nSPS) is 20.4. The summed E-state index contributed by atoms with van der Waals surface area (Å²) in [7, 11) is 0. The van der Waals surface area contributed by atoms with E-state index in [0.717, 1.165) is 18.0 Å². The molecule has 0 saturated carbocycles. The van der Waals surface area contributed by atoms with Crippen LogP contribution in [-0.4, -0.2) is 17.6 Å². The molecule has 1 fully saturated rings. The van der Waals surface area contributed by atoms with Gasteiger partial charge in [-0.05, 0) is 56.5 Å². The molecule has 2 heterocycles. The first-order valence-electron chi connectivity index (χ1n) is 6.73. The summed E-state index contributed by atoms with van der Waals surface area (Å²) in [4.78, 5) is 3.38. The third kappa shape index (κ3) is 2.40. The molecule has 2 N–H and O–H groups in total. The second-order valence-corrected chi connectivity index (χ2v) is 5.74. The van der Waals surface area contributed by atoms with Gasteiger partial charge in [-0.3, -0.25) is 0 Å². The molecule has 3 heteroatoms. The number of aryl methyl sites for hydroxylation is 1. The van der Waals surface area contributed by atoms with Crippen molar-refractivity contribution in [3.05, 3.63) is 34.5 Å². The van der Waals surface area contributed by atoms with Gasteiger partial charge in [-0.2, -0.15) is 0 Å². The lowest BCUT2D eigenvalue weighted by Crippen LogP contribution is -2.35. The molecule has 1 saturated heterocycles. The largest absolute Gasteiger partial charge is 0.359 e. The van der Waals surface area contributed by atoms with Crippen LogP contribution in [0.3, 0.4) is 0 Å². The number of rotatable bonds is 2. The zero-order chi connectivity index (χ0) is 12.5. The highest BCUT2D eigenvalue weighted by Crippen LogP contribution is 2.26. The average molecular weight is 263 g/mol. The quantitative estimate of drug-likeness (QED) is 0.846. The smallest absolute Gasteiger partial charge is 0.0459 e. The first kappa shape index (κ1) is 12.1. The number of hydrogen-bond donors (Lipinski definition) is 2. The summed E-state index contributed by atoms with van der Waals surface area (Å²) in [5.74, 6) is 0. The van der Waals surface area contributed by atoms with Gasteiger partial charge in [-0.1, -0.05) is 18.0 Å². The number of aromatic nitrogens is 1. The number of hydrogen-bond acceptors (Lipinski definition) is 1. The number of benzene rings is 1. The molecule has 0 radical (unpaired) electrons. The van der Waals surface area contributed by atoms with Crippen LogP contribution in [0.2, 0.25) is 5.02 Å². The number of fused-ring (bicyclic) bond motifs is 1. The Bertz CT molecular complexity index is 553. The van der Waals surface area contributed by atoms with Crippen molar-refractivity contribution < 1.29 is 0 Å². The van der Waals surface area contributed by atoms with E-state index in [-0.39, 0.29) is 0 Å². The highest BCUT2D eigenvalue weighted by molar-refractivity contribution is 6.32. The van der Waals surface area contributed by atoms with Crippen LogP contribution in [0.1, 0.15) is 30.5 Å². The second-order valence-electron chi connectivity index (χ2n) is 5.33. The summed E-state index contributed by atoms with van der Waals surface area (Å²) in [5.41, 5.74) is 3.64. The Hall–Kier alpha value is -0.990. The van der Waals surface area contributed by atoms with Crippen molar-refractivity contribution in [2.75, 3.05) is 6.54 Å². The molecule has 1 aliphatic rings. The predicted molar refractivity (Wildman–Crippen MR) is 77.4 cm³/mol. The maximum absolute atomic E-state index is 6.39. The van der Waals surface area contributed by atoms with Crippen molar-refractivity contribution in [2.45, 2.75) is 38.6 Å². The Morgan fingerprint density at radius 2 is 2.17 bits per heavy atom. The summed E-state index contributed by atoms with van der Waals surface area (Å²) in [6, 6.07) is 7.02. The lowest BCUT2D eigenvalue weighted by molar-refractivity contribution is 0.399. The van der Waals surface area contributed by atoms with Gasteiger partial charge in [0.2, 0.25) is 0 Å². The Labute approximate surface area is 113 Å².